The van der Waals surface area contributed by atoms with Crippen LogP contribution in [0.3, 0.4) is 0 Å². The van der Waals surface area contributed by atoms with Crippen molar-refractivity contribution in [3.05, 3.63) is 66.2 Å². The van der Waals surface area contributed by atoms with Crippen molar-refractivity contribution in [1.29, 1.82) is 0 Å². The van der Waals surface area contributed by atoms with Gasteiger partial charge in [-0.3, -0.25) is 4.79 Å². The van der Waals surface area contributed by atoms with E-state index in [-0.39, 0.29) is 5.91 Å². The van der Waals surface area contributed by atoms with Gasteiger partial charge in [-0.15, -0.1) is 0 Å². The lowest BCUT2D eigenvalue weighted by Crippen LogP contribution is -2.18. The average molecular weight is 415 g/mol. The zero-order valence-corrected chi connectivity index (χ0v) is 17.2. The number of imidazole rings is 1. The molecule has 0 unspecified atom stereocenters. The number of carbonyl (C=O) groups excluding carboxylic acids is 1. The molecule has 0 atom stereocenters. The summed E-state index contributed by atoms with van der Waals surface area (Å²) in [6, 6.07) is 18.9. The molecule has 1 aliphatic heterocycles. The van der Waals surface area contributed by atoms with E-state index in [0.29, 0.717) is 41.7 Å². The van der Waals surface area contributed by atoms with Gasteiger partial charge in [-0.1, -0.05) is 12.1 Å². The fraction of sp³-hybridized carbons (Fsp3) is 0.167. The second-order valence-electron chi connectivity index (χ2n) is 7.22. The third-order valence-corrected chi connectivity index (χ3v) is 5.28. The minimum Gasteiger partial charge on any atom is -0.493 e. The number of aromatic nitrogens is 2. The van der Waals surface area contributed by atoms with Crippen LogP contribution in [-0.2, 0) is 7.05 Å². The Labute approximate surface area is 179 Å². The van der Waals surface area contributed by atoms with Crippen molar-refractivity contribution in [2.75, 3.05) is 25.6 Å². The first-order chi connectivity index (χ1) is 15.1. The highest BCUT2D eigenvalue weighted by atomic mass is 16.6. The van der Waals surface area contributed by atoms with E-state index < -0.39 is 0 Å². The van der Waals surface area contributed by atoms with Crippen LogP contribution < -0.4 is 19.5 Å². The van der Waals surface area contributed by atoms with E-state index in [1.165, 1.54) is 7.11 Å². The number of methoxy groups -OCH3 is 1. The summed E-state index contributed by atoms with van der Waals surface area (Å²) in [5.41, 5.74) is 4.10. The van der Waals surface area contributed by atoms with Gasteiger partial charge in [0.15, 0.2) is 11.5 Å². The number of benzene rings is 3. The maximum absolute atomic E-state index is 12.8. The molecule has 0 bridgehead atoms. The SMILES string of the molecule is COc1cc(C(=O)Nc2ccc(-c3nc4ccccc4n3C)cc2)cc2c1OCCO2. The van der Waals surface area contributed by atoms with Gasteiger partial charge < -0.3 is 24.1 Å². The number of hydrogen-bond acceptors (Lipinski definition) is 5. The number of nitrogens with zero attached hydrogens (tertiary/aromatic N) is 2. The summed E-state index contributed by atoms with van der Waals surface area (Å²) in [6.07, 6.45) is 0. The number of amides is 1. The highest BCUT2D eigenvalue weighted by Crippen LogP contribution is 2.40. The van der Waals surface area contributed by atoms with E-state index in [4.69, 9.17) is 19.2 Å². The Kier molecular flexibility index (Phi) is 4.71. The molecule has 2 heterocycles. The lowest BCUT2D eigenvalue weighted by molar-refractivity contribution is 0.102. The van der Waals surface area contributed by atoms with Gasteiger partial charge in [0, 0.05) is 23.9 Å². The fourth-order valence-electron chi connectivity index (χ4n) is 3.71. The predicted octanol–water partition coefficient (Wildman–Crippen LogP) is 4.27. The van der Waals surface area contributed by atoms with Gasteiger partial charge in [-0.2, -0.15) is 0 Å². The molecule has 0 spiro atoms. The number of nitrogens with one attached hydrogen (secondary N) is 1. The van der Waals surface area contributed by atoms with Crippen LogP contribution >= 0.6 is 0 Å². The molecule has 156 valence electrons. The number of rotatable bonds is 4. The Morgan fingerprint density at radius 2 is 1.84 bits per heavy atom. The Balaban J connectivity index is 1.38. The molecule has 1 N–H and O–H groups in total. The topological polar surface area (TPSA) is 74.6 Å². The Morgan fingerprint density at radius 1 is 1.06 bits per heavy atom. The first-order valence-corrected chi connectivity index (χ1v) is 9.95. The standard InChI is InChI=1S/C24H21N3O4/c1-27-19-6-4-3-5-18(19)26-23(27)15-7-9-17(10-8-15)25-24(28)16-13-20(29-2)22-21(14-16)30-11-12-31-22/h3-10,13-14H,11-12H2,1-2H3,(H,25,28). The van der Waals surface area contributed by atoms with E-state index in [1.807, 2.05) is 55.6 Å². The monoisotopic (exact) mass is 415 g/mol. The van der Waals surface area contributed by atoms with Crippen molar-refractivity contribution in [2.24, 2.45) is 7.05 Å². The summed E-state index contributed by atoms with van der Waals surface area (Å²) < 4.78 is 18.6. The van der Waals surface area contributed by atoms with Gasteiger partial charge in [0.2, 0.25) is 5.75 Å². The predicted molar refractivity (Wildman–Crippen MR) is 118 cm³/mol. The van der Waals surface area contributed by atoms with Crippen LogP contribution in [0.25, 0.3) is 22.4 Å². The van der Waals surface area contributed by atoms with E-state index in [0.717, 1.165) is 22.4 Å². The normalized spacial score (nSPS) is 12.6. The summed E-state index contributed by atoms with van der Waals surface area (Å²) in [5.74, 6) is 2.12. The lowest BCUT2D eigenvalue weighted by atomic mass is 10.1. The van der Waals surface area contributed by atoms with Gasteiger partial charge in [-0.25, -0.2) is 4.98 Å². The Bertz CT molecular complexity index is 1260. The molecule has 1 aliphatic rings. The minimum atomic E-state index is -0.259. The molecular weight excluding hydrogens is 394 g/mol. The van der Waals surface area contributed by atoms with Gasteiger partial charge in [0.25, 0.3) is 5.91 Å². The summed E-state index contributed by atoms with van der Waals surface area (Å²) in [7, 11) is 3.53. The zero-order valence-electron chi connectivity index (χ0n) is 17.2. The number of aryl methyl sites for hydroxylation is 1. The summed E-state index contributed by atoms with van der Waals surface area (Å²) in [4.78, 5) is 17.5. The second-order valence-corrected chi connectivity index (χ2v) is 7.22. The molecule has 7 nitrogen and oxygen atoms in total. The van der Waals surface area contributed by atoms with E-state index >= 15 is 0 Å². The second kappa shape index (κ2) is 7.68. The van der Waals surface area contributed by atoms with Crippen LogP contribution in [0.4, 0.5) is 5.69 Å². The summed E-state index contributed by atoms with van der Waals surface area (Å²) >= 11 is 0. The highest BCUT2D eigenvalue weighted by molar-refractivity contribution is 6.05. The molecule has 0 aliphatic carbocycles. The first-order valence-electron chi connectivity index (χ1n) is 9.95. The third kappa shape index (κ3) is 3.44. The van der Waals surface area contributed by atoms with Crippen LogP contribution in [0, 0.1) is 0 Å². The Hall–Kier alpha value is -4.00. The molecule has 0 radical (unpaired) electrons. The van der Waals surface area contributed by atoms with Crippen LogP contribution in [0.1, 0.15) is 10.4 Å². The summed E-state index contributed by atoms with van der Waals surface area (Å²) in [5, 5.41) is 2.92. The molecule has 7 heteroatoms. The smallest absolute Gasteiger partial charge is 0.255 e. The van der Waals surface area contributed by atoms with Crippen LogP contribution in [0.15, 0.2) is 60.7 Å². The number of carbonyl (C=O) groups is 1. The molecule has 1 aromatic heterocycles. The molecule has 4 aromatic rings. The van der Waals surface area contributed by atoms with Crippen molar-refractivity contribution in [1.82, 2.24) is 9.55 Å². The maximum Gasteiger partial charge on any atom is 0.255 e. The molecule has 3 aromatic carbocycles. The van der Waals surface area contributed by atoms with Gasteiger partial charge in [0.1, 0.15) is 19.0 Å². The van der Waals surface area contributed by atoms with Gasteiger partial charge in [-0.05, 0) is 48.5 Å². The minimum absolute atomic E-state index is 0.259. The third-order valence-electron chi connectivity index (χ3n) is 5.28. The molecular formula is C24H21N3O4. The lowest BCUT2D eigenvalue weighted by Gasteiger charge is -2.21. The van der Waals surface area contributed by atoms with E-state index in [2.05, 4.69) is 9.88 Å². The highest BCUT2D eigenvalue weighted by Gasteiger charge is 2.21. The van der Waals surface area contributed by atoms with E-state index in [9.17, 15) is 4.79 Å². The van der Waals surface area contributed by atoms with Crippen molar-refractivity contribution in [3.8, 4) is 28.6 Å². The van der Waals surface area contributed by atoms with Crippen molar-refractivity contribution in [2.45, 2.75) is 0 Å². The first kappa shape index (κ1) is 19.0. The fourth-order valence-corrected chi connectivity index (χ4v) is 3.71. The number of hydrogen-bond donors (Lipinski definition) is 1. The van der Waals surface area contributed by atoms with Crippen LogP contribution in [0.5, 0.6) is 17.2 Å². The van der Waals surface area contributed by atoms with Crippen LogP contribution in [0.2, 0.25) is 0 Å². The molecule has 1 amide bonds. The quantitative estimate of drug-likeness (QED) is 0.539. The van der Waals surface area contributed by atoms with Gasteiger partial charge in [0.05, 0.1) is 18.1 Å². The zero-order chi connectivity index (χ0) is 21.4. The molecule has 0 fully saturated rings. The maximum atomic E-state index is 12.8. The van der Waals surface area contributed by atoms with E-state index in [1.54, 1.807) is 12.1 Å². The number of ether oxygens (including phenoxy) is 3. The van der Waals surface area contributed by atoms with Gasteiger partial charge >= 0.3 is 0 Å². The molecule has 0 saturated carbocycles. The van der Waals surface area contributed by atoms with Crippen molar-refractivity contribution >= 4 is 22.6 Å². The van der Waals surface area contributed by atoms with Crippen molar-refractivity contribution in [3.63, 3.8) is 0 Å². The molecule has 31 heavy (non-hydrogen) atoms. The largest absolute Gasteiger partial charge is 0.493 e. The Morgan fingerprint density at radius 3 is 2.61 bits per heavy atom. The number of para-hydroxylation sites is 2. The number of fused-ring (bicyclic) bond motifs is 2. The number of anilines is 1. The molecule has 5 rings (SSSR count). The average Bonchev–Trinajstić information content (AvgIpc) is 3.15. The summed E-state index contributed by atoms with van der Waals surface area (Å²) in [6.45, 7) is 0.887. The van der Waals surface area contributed by atoms with Crippen LogP contribution in [-0.4, -0.2) is 35.8 Å². The van der Waals surface area contributed by atoms with Crippen molar-refractivity contribution < 1.29 is 19.0 Å². The molecule has 0 saturated heterocycles.